The van der Waals surface area contributed by atoms with E-state index in [2.05, 4.69) is 0 Å². The Bertz CT molecular complexity index is 475. The first-order valence-electron chi connectivity index (χ1n) is 7.48. The molecule has 1 atom stereocenters. The molecule has 0 radical (unpaired) electrons. The zero-order chi connectivity index (χ0) is 15.2. The van der Waals surface area contributed by atoms with E-state index in [1.54, 1.807) is 4.90 Å². The molecule has 0 spiro atoms. The van der Waals surface area contributed by atoms with E-state index in [-0.39, 0.29) is 11.8 Å². The van der Waals surface area contributed by atoms with Gasteiger partial charge in [0.05, 0.1) is 6.04 Å². The molecule has 0 saturated carbocycles. The van der Waals surface area contributed by atoms with Crippen molar-refractivity contribution in [1.82, 2.24) is 4.90 Å². The standard InChI is InChI=1S/C16H23ClN2O2/c1-2-19(11-12-4-3-5-14(17)10-12)16(20)15(18)13-6-8-21-9-7-13/h3-5,10,13,15H,2,6-9,11,18H2,1H3. The summed E-state index contributed by atoms with van der Waals surface area (Å²) in [6.45, 7) is 4.56. The molecule has 116 valence electrons. The van der Waals surface area contributed by atoms with Crippen LogP contribution in [0.4, 0.5) is 0 Å². The van der Waals surface area contributed by atoms with E-state index >= 15 is 0 Å². The second-order valence-electron chi connectivity index (χ2n) is 5.46. The molecular weight excluding hydrogens is 288 g/mol. The molecule has 1 saturated heterocycles. The summed E-state index contributed by atoms with van der Waals surface area (Å²) in [4.78, 5) is 14.4. The van der Waals surface area contributed by atoms with Crippen LogP contribution in [-0.2, 0) is 16.1 Å². The average molecular weight is 311 g/mol. The number of likely N-dealkylation sites (N-methyl/N-ethyl adjacent to an activating group) is 1. The van der Waals surface area contributed by atoms with Gasteiger partial charge in [0, 0.05) is 31.3 Å². The van der Waals surface area contributed by atoms with Gasteiger partial charge in [0.1, 0.15) is 0 Å². The van der Waals surface area contributed by atoms with Gasteiger partial charge < -0.3 is 15.4 Å². The fraction of sp³-hybridized carbons (Fsp3) is 0.562. The molecule has 0 bridgehead atoms. The fourth-order valence-corrected chi connectivity index (χ4v) is 2.90. The molecule has 1 aliphatic heterocycles. The van der Waals surface area contributed by atoms with Crippen molar-refractivity contribution in [2.24, 2.45) is 11.7 Å². The Balaban J connectivity index is 2.00. The molecule has 1 aliphatic rings. The molecule has 1 aromatic rings. The summed E-state index contributed by atoms with van der Waals surface area (Å²) < 4.78 is 5.33. The highest BCUT2D eigenvalue weighted by molar-refractivity contribution is 6.30. The van der Waals surface area contributed by atoms with Gasteiger partial charge in [-0.15, -0.1) is 0 Å². The van der Waals surface area contributed by atoms with Crippen LogP contribution in [0.5, 0.6) is 0 Å². The first-order valence-corrected chi connectivity index (χ1v) is 7.86. The van der Waals surface area contributed by atoms with Crippen molar-refractivity contribution in [3.8, 4) is 0 Å². The van der Waals surface area contributed by atoms with E-state index in [9.17, 15) is 4.79 Å². The van der Waals surface area contributed by atoms with Crippen molar-refractivity contribution in [3.05, 3.63) is 34.9 Å². The van der Waals surface area contributed by atoms with Crippen LogP contribution in [0.15, 0.2) is 24.3 Å². The lowest BCUT2D eigenvalue weighted by Gasteiger charge is -2.31. The molecule has 1 unspecified atom stereocenters. The summed E-state index contributed by atoms with van der Waals surface area (Å²) in [6, 6.07) is 7.15. The number of carbonyl (C=O) groups excluding carboxylic acids is 1. The fourth-order valence-electron chi connectivity index (χ4n) is 2.69. The maximum absolute atomic E-state index is 12.6. The van der Waals surface area contributed by atoms with Crippen molar-refractivity contribution < 1.29 is 9.53 Å². The van der Waals surface area contributed by atoms with Crippen molar-refractivity contribution >= 4 is 17.5 Å². The third kappa shape index (κ3) is 4.43. The van der Waals surface area contributed by atoms with Gasteiger partial charge in [-0.3, -0.25) is 4.79 Å². The van der Waals surface area contributed by atoms with E-state index in [0.717, 1.165) is 18.4 Å². The van der Waals surface area contributed by atoms with Gasteiger partial charge in [0.25, 0.3) is 0 Å². The molecule has 0 aliphatic carbocycles. The number of hydrogen-bond donors (Lipinski definition) is 1. The molecule has 1 amide bonds. The van der Waals surface area contributed by atoms with E-state index in [4.69, 9.17) is 22.1 Å². The summed E-state index contributed by atoms with van der Waals surface area (Å²) in [6.07, 6.45) is 1.73. The second-order valence-corrected chi connectivity index (χ2v) is 5.89. The zero-order valence-corrected chi connectivity index (χ0v) is 13.2. The van der Waals surface area contributed by atoms with Crippen molar-refractivity contribution in [2.75, 3.05) is 19.8 Å². The molecule has 2 rings (SSSR count). The predicted molar refractivity (Wildman–Crippen MR) is 84.1 cm³/mol. The summed E-state index contributed by atoms with van der Waals surface area (Å²) in [5.74, 6) is 0.240. The van der Waals surface area contributed by atoms with Gasteiger partial charge in [0.15, 0.2) is 0 Å². The summed E-state index contributed by atoms with van der Waals surface area (Å²) in [5, 5.41) is 0.685. The SMILES string of the molecule is CCN(Cc1cccc(Cl)c1)C(=O)C(N)C1CCOCC1. The quantitative estimate of drug-likeness (QED) is 0.909. The Kier molecular flexibility index (Phi) is 6.03. The number of carbonyl (C=O) groups is 1. The molecule has 2 N–H and O–H groups in total. The van der Waals surface area contributed by atoms with E-state index < -0.39 is 6.04 Å². The van der Waals surface area contributed by atoms with E-state index in [1.807, 2.05) is 31.2 Å². The van der Waals surface area contributed by atoms with Crippen LogP contribution < -0.4 is 5.73 Å². The predicted octanol–water partition coefficient (Wildman–Crippen LogP) is 2.44. The molecule has 21 heavy (non-hydrogen) atoms. The zero-order valence-electron chi connectivity index (χ0n) is 12.4. The lowest BCUT2D eigenvalue weighted by atomic mass is 9.91. The van der Waals surface area contributed by atoms with Gasteiger partial charge in [-0.05, 0) is 43.4 Å². The molecule has 1 heterocycles. The Morgan fingerprint density at radius 1 is 1.48 bits per heavy atom. The van der Waals surface area contributed by atoms with Gasteiger partial charge in [-0.1, -0.05) is 23.7 Å². The summed E-state index contributed by atoms with van der Waals surface area (Å²) >= 11 is 5.99. The molecule has 5 heteroatoms. The molecule has 1 aromatic carbocycles. The Hall–Kier alpha value is -1.10. The van der Waals surface area contributed by atoms with Crippen molar-refractivity contribution in [2.45, 2.75) is 32.4 Å². The van der Waals surface area contributed by atoms with Gasteiger partial charge in [-0.2, -0.15) is 0 Å². The minimum absolute atomic E-state index is 0.0179. The number of benzene rings is 1. The molecule has 1 fully saturated rings. The number of rotatable bonds is 5. The van der Waals surface area contributed by atoms with Crippen molar-refractivity contribution in [3.63, 3.8) is 0 Å². The van der Waals surface area contributed by atoms with Gasteiger partial charge in [-0.25, -0.2) is 0 Å². The molecule has 4 nitrogen and oxygen atoms in total. The third-order valence-electron chi connectivity index (χ3n) is 4.01. The number of ether oxygens (including phenoxy) is 1. The highest BCUT2D eigenvalue weighted by atomic mass is 35.5. The first kappa shape index (κ1) is 16.3. The Morgan fingerprint density at radius 2 is 2.19 bits per heavy atom. The summed E-state index contributed by atoms with van der Waals surface area (Å²) in [7, 11) is 0. The monoisotopic (exact) mass is 310 g/mol. The highest BCUT2D eigenvalue weighted by Crippen LogP contribution is 2.20. The maximum atomic E-state index is 12.6. The Labute approximate surface area is 131 Å². The molecular formula is C16H23ClN2O2. The smallest absolute Gasteiger partial charge is 0.240 e. The number of nitrogens with two attached hydrogens (primary N) is 1. The number of amides is 1. The van der Waals surface area contributed by atoms with Crippen LogP contribution in [-0.4, -0.2) is 36.6 Å². The highest BCUT2D eigenvalue weighted by Gasteiger charge is 2.29. The van der Waals surface area contributed by atoms with Crippen molar-refractivity contribution in [1.29, 1.82) is 0 Å². The first-order chi connectivity index (χ1) is 10.1. The minimum atomic E-state index is -0.437. The normalized spacial score (nSPS) is 17.5. The van der Waals surface area contributed by atoms with E-state index in [1.165, 1.54) is 0 Å². The second kappa shape index (κ2) is 7.78. The maximum Gasteiger partial charge on any atom is 0.240 e. The number of halogens is 1. The minimum Gasteiger partial charge on any atom is -0.381 e. The van der Waals surface area contributed by atoms with Crippen LogP contribution in [0.25, 0.3) is 0 Å². The van der Waals surface area contributed by atoms with Crippen LogP contribution in [0.2, 0.25) is 5.02 Å². The molecule has 0 aromatic heterocycles. The largest absolute Gasteiger partial charge is 0.381 e. The summed E-state index contributed by atoms with van der Waals surface area (Å²) in [5.41, 5.74) is 7.20. The number of hydrogen-bond acceptors (Lipinski definition) is 3. The van der Waals surface area contributed by atoms with Crippen LogP contribution in [0, 0.1) is 5.92 Å². The number of nitrogens with zero attached hydrogens (tertiary/aromatic N) is 1. The van der Waals surface area contributed by atoms with Gasteiger partial charge in [0.2, 0.25) is 5.91 Å². The lowest BCUT2D eigenvalue weighted by molar-refractivity contribution is -0.135. The van der Waals surface area contributed by atoms with Crippen LogP contribution in [0.3, 0.4) is 0 Å². The van der Waals surface area contributed by atoms with Crippen LogP contribution >= 0.6 is 11.6 Å². The lowest BCUT2D eigenvalue weighted by Crippen LogP contribution is -2.48. The average Bonchev–Trinajstić information content (AvgIpc) is 2.52. The van der Waals surface area contributed by atoms with Crippen LogP contribution in [0.1, 0.15) is 25.3 Å². The van der Waals surface area contributed by atoms with Gasteiger partial charge >= 0.3 is 0 Å². The topological polar surface area (TPSA) is 55.6 Å². The third-order valence-corrected chi connectivity index (χ3v) is 4.25. The van der Waals surface area contributed by atoms with E-state index in [0.29, 0.717) is 31.3 Å². The Morgan fingerprint density at radius 3 is 2.81 bits per heavy atom.